The largest absolute Gasteiger partial charge is 0.508 e. The summed E-state index contributed by atoms with van der Waals surface area (Å²) in [6.07, 6.45) is 0. The maximum atomic E-state index is 11.0. The first-order valence-electron chi connectivity index (χ1n) is 9.17. The van der Waals surface area contributed by atoms with E-state index in [0.29, 0.717) is 22.3 Å². The van der Waals surface area contributed by atoms with Crippen LogP contribution in [-0.4, -0.2) is 35.7 Å². The normalized spacial score (nSPS) is 10.8. The van der Waals surface area contributed by atoms with E-state index >= 15 is 0 Å². The smallest absolute Gasteiger partial charge is 0.131 e. The van der Waals surface area contributed by atoms with Crippen LogP contribution in [0.25, 0.3) is 33.4 Å². The van der Waals surface area contributed by atoms with Gasteiger partial charge in [0.05, 0.1) is 0 Å². The van der Waals surface area contributed by atoms with Gasteiger partial charge in [0.25, 0.3) is 0 Å². The Morgan fingerprint density at radius 2 is 0.548 bits per heavy atom. The minimum Gasteiger partial charge on any atom is -0.508 e. The molecule has 0 amide bonds. The van der Waals surface area contributed by atoms with Gasteiger partial charge in [-0.1, -0.05) is 0 Å². The van der Waals surface area contributed by atoms with E-state index in [1.165, 1.54) is 42.5 Å². The van der Waals surface area contributed by atoms with Gasteiger partial charge in [-0.3, -0.25) is 0 Å². The quantitative estimate of drug-likeness (QED) is 0.257. The van der Waals surface area contributed by atoms with Crippen LogP contribution in [-0.2, 0) is 0 Å². The van der Waals surface area contributed by atoms with Gasteiger partial charge in [0.2, 0.25) is 0 Å². The van der Waals surface area contributed by atoms with Crippen molar-refractivity contribution in [1.82, 2.24) is 0 Å². The molecule has 0 aliphatic carbocycles. The van der Waals surface area contributed by atoms with E-state index in [9.17, 15) is 35.7 Å². The fourth-order valence-electron chi connectivity index (χ4n) is 3.50. The SMILES string of the molecule is Oc1cc(O)cc(-c2cc(-c3cc(O)cc(O)c3)c(O)c(-c3cc(O)cc(O)c3)c2)c1. The zero-order chi connectivity index (χ0) is 22.3. The van der Waals surface area contributed by atoms with Gasteiger partial charge in [-0.2, -0.15) is 0 Å². The van der Waals surface area contributed by atoms with Gasteiger partial charge >= 0.3 is 0 Å². The molecule has 0 bridgehead atoms. The first-order chi connectivity index (χ1) is 14.7. The number of rotatable bonds is 3. The second kappa shape index (κ2) is 7.38. The van der Waals surface area contributed by atoms with Gasteiger partial charge in [0.15, 0.2) is 0 Å². The van der Waals surface area contributed by atoms with Crippen molar-refractivity contribution in [3.8, 4) is 73.6 Å². The van der Waals surface area contributed by atoms with Crippen LogP contribution in [0, 0.1) is 0 Å². The highest BCUT2D eigenvalue weighted by Gasteiger charge is 2.17. The minimum absolute atomic E-state index is 0.170. The number of hydrogen-bond acceptors (Lipinski definition) is 7. The lowest BCUT2D eigenvalue weighted by molar-refractivity contribution is 0.450. The Kier molecular flexibility index (Phi) is 4.71. The Morgan fingerprint density at radius 1 is 0.290 bits per heavy atom. The predicted octanol–water partition coefficient (Wildman–Crippen LogP) is 4.63. The summed E-state index contributed by atoms with van der Waals surface area (Å²) in [7, 11) is 0. The van der Waals surface area contributed by atoms with Gasteiger partial charge < -0.3 is 35.7 Å². The minimum atomic E-state index is -0.233. The topological polar surface area (TPSA) is 142 Å². The summed E-state index contributed by atoms with van der Waals surface area (Å²) in [4.78, 5) is 0. The van der Waals surface area contributed by atoms with Crippen LogP contribution in [0.15, 0.2) is 66.7 Å². The highest BCUT2D eigenvalue weighted by atomic mass is 16.3. The first kappa shape index (κ1) is 19.8. The Bertz CT molecular complexity index is 1180. The summed E-state index contributed by atoms with van der Waals surface area (Å²) in [5, 5.41) is 70.3. The van der Waals surface area contributed by atoms with Gasteiger partial charge in [0, 0.05) is 29.3 Å². The summed E-state index contributed by atoms with van der Waals surface area (Å²) in [6, 6.07) is 14.8. The molecule has 4 rings (SSSR count). The maximum Gasteiger partial charge on any atom is 0.131 e. The van der Waals surface area contributed by atoms with Crippen molar-refractivity contribution >= 4 is 0 Å². The Balaban J connectivity index is 2.04. The maximum absolute atomic E-state index is 11.0. The third-order valence-corrected chi connectivity index (χ3v) is 4.77. The van der Waals surface area contributed by atoms with Crippen molar-refractivity contribution in [2.45, 2.75) is 0 Å². The first-order valence-corrected chi connectivity index (χ1v) is 9.17. The third kappa shape index (κ3) is 3.97. The molecule has 7 N–H and O–H groups in total. The molecule has 0 aromatic heterocycles. The van der Waals surface area contributed by atoms with E-state index in [1.807, 2.05) is 0 Å². The van der Waals surface area contributed by atoms with Crippen LogP contribution < -0.4 is 0 Å². The second-order valence-electron chi connectivity index (χ2n) is 7.13. The van der Waals surface area contributed by atoms with Gasteiger partial charge in [-0.25, -0.2) is 0 Å². The van der Waals surface area contributed by atoms with E-state index in [0.717, 1.165) is 12.1 Å². The molecule has 4 aromatic rings. The van der Waals surface area contributed by atoms with Crippen molar-refractivity contribution in [1.29, 1.82) is 0 Å². The van der Waals surface area contributed by atoms with Crippen molar-refractivity contribution in [2.75, 3.05) is 0 Å². The van der Waals surface area contributed by atoms with Gasteiger partial charge in [0.1, 0.15) is 40.2 Å². The molecule has 0 fully saturated rings. The van der Waals surface area contributed by atoms with Crippen LogP contribution in [0.1, 0.15) is 0 Å². The molecule has 7 nitrogen and oxygen atoms in total. The van der Waals surface area contributed by atoms with E-state index in [4.69, 9.17) is 0 Å². The molecule has 0 heterocycles. The van der Waals surface area contributed by atoms with E-state index in [-0.39, 0.29) is 51.4 Å². The van der Waals surface area contributed by atoms with Crippen LogP contribution in [0.2, 0.25) is 0 Å². The van der Waals surface area contributed by atoms with E-state index in [2.05, 4.69) is 0 Å². The molecular weight excluding hydrogens is 400 g/mol. The third-order valence-electron chi connectivity index (χ3n) is 4.77. The van der Waals surface area contributed by atoms with Gasteiger partial charge in [-0.05, 0) is 70.8 Å². The fraction of sp³-hybridized carbons (Fsp3) is 0. The van der Waals surface area contributed by atoms with Crippen molar-refractivity contribution in [2.24, 2.45) is 0 Å². The Morgan fingerprint density at radius 3 is 0.871 bits per heavy atom. The summed E-state index contributed by atoms with van der Waals surface area (Å²) >= 11 is 0. The molecule has 156 valence electrons. The Labute approximate surface area is 176 Å². The van der Waals surface area contributed by atoms with Crippen molar-refractivity contribution in [3.05, 3.63) is 66.7 Å². The molecule has 4 aromatic carbocycles. The molecular formula is C24H18O7. The monoisotopic (exact) mass is 418 g/mol. The molecule has 0 radical (unpaired) electrons. The molecule has 7 heteroatoms. The van der Waals surface area contributed by atoms with Crippen molar-refractivity contribution in [3.63, 3.8) is 0 Å². The molecule has 0 atom stereocenters. The lowest BCUT2D eigenvalue weighted by Gasteiger charge is -2.15. The van der Waals surface area contributed by atoms with Gasteiger partial charge in [-0.15, -0.1) is 0 Å². The summed E-state index contributed by atoms with van der Waals surface area (Å²) in [6.45, 7) is 0. The second-order valence-corrected chi connectivity index (χ2v) is 7.13. The number of phenolic OH excluding ortho intramolecular Hbond substituents is 7. The van der Waals surface area contributed by atoms with Crippen molar-refractivity contribution < 1.29 is 35.7 Å². The highest BCUT2D eigenvalue weighted by Crippen LogP contribution is 2.45. The predicted molar refractivity (Wildman–Crippen MR) is 114 cm³/mol. The lowest BCUT2D eigenvalue weighted by atomic mass is 9.91. The molecule has 0 unspecified atom stereocenters. The average Bonchev–Trinajstić information content (AvgIpc) is 2.65. The van der Waals surface area contributed by atoms with Crippen LogP contribution in [0.4, 0.5) is 0 Å². The van der Waals surface area contributed by atoms with E-state index in [1.54, 1.807) is 12.1 Å². The number of hydrogen-bond donors (Lipinski definition) is 7. The van der Waals surface area contributed by atoms with Crippen LogP contribution in [0.5, 0.6) is 40.2 Å². The zero-order valence-corrected chi connectivity index (χ0v) is 16.0. The molecule has 0 aliphatic heterocycles. The van der Waals surface area contributed by atoms with Crippen LogP contribution >= 0.6 is 0 Å². The molecule has 31 heavy (non-hydrogen) atoms. The van der Waals surface area contributed by atoms with Crippen LogP contribution in [0.3, 0.4) is 0 Å². The fourth-order valence-corrected chi connectivity index (χ4v) is 3.50. The average molecular weight is 418 g/mol. The zero-order valence-electron chi connectivity index (χ0n) is 16.0. The molecule has 0 aliphatic rings. The number of benzene rings is 4. The molecule has 0 saturated carbocycles. The summed E-state index contributed by atoms with van der Waals surface area (Å²) < 4.78 is 0. The summed E-state index contributed by atoms with van der Waals surface area (Å²) in [5.74, 6) is -1.44. The standard InChI is InChI=1S/C24H18O7/c25-16-1-12(2-17(26)9-16)13-7-22(14-3-18(27)10-19(28)4-14)24(31)23(8-13)15-5-20(29)11-21(30)6-15/h1-11,25-31H. The Hall–Kier alpha value is -4.52. The molecule has 0 spiro atoms. The summed E-state index contributed by atoms with van der Waals surface area (Å²) in [5.41, 5.74) is 1.95. The highest BCUT2D eigenvalue weighted by molar-refractivity contribution is 5.89. The number of aromatic hydroxyl groups is 7. The van der Waals surface area contributed by atoms with E-state index < -0.39 is 0 Å². The number of phenols is 7. The lowest BCUT2D eigenvalue weighted by Crippen LogP contribution is -1.89. The molecule has 0 saturated heterocycles.